The van der Waals surface area contributed by atoms with Crippen LogP contribution < -0.4 is 5.32 Å². The summed E-state index contributed by atoms with van der Waals surface area (Å²) in [5, 5.41) is 3.62. The SMILES string of the molecule is CC1CCN(CC2CSCCN2)C1C. The van der Waals surface area contributed by atoms with Crippen molar-refractivity contribution in [1.82, 2.24) is 10.2 Å². The molecule has 0 aromatic carbocycles. The molecule has 2 aliphatic heterocycles. The minimum atomic E-state index is 0.737. The molecule has 2 heterocycles. The smallest absolute Gasteiger partial charge is 0.0286 e. The molecule has 0 amide bonds. The molecule has 3 unspecified atom stereocenters. The lowest BCUT2D eigenvalue weighted by Crippen LogP contribution is -2.47. The van der Waals surface area contributed by atoms with Crippen molar-refractivity contribution in [1.29, 1.82) is 0 Å². The summed E-state index contributed by atoms with van der Waals surface area (Å²) < 4.78 is 0. The Morgan fingerprint density at radius 1 is 1.43 bits per heavy atom. The van der Waals surface area contributed by atoms with Crippen LogP contribution >= 0.6 is 11.8 Å². The number of hydrogen-bond donors (Lipinski definition) is 1. The van der Waals surface area contributed by atoms with Crippen LogP contribution in [0.15, 0.2) is 0 Å². The zero-order chi connectivity index (χ0) is 9.97. The fourth-order valence-corrected chi connectivity index (χ4v) is 3.39. The van der Waals surface area contributed by atoms with Gasteiger partial charge >= 0.3 is 0 Å². The summed E-state index contributed by atoms with van der Waals surface area (Å²) in [6, 6.07) is 1.53. The van der Waals surface area contributed by atoms with Gasteiger partial charge in [0.2, 0.25) is 0 Å². The number of thioether (sulfide) groups is 1. The molecule has 3 atom stereocenters. The van der Waals surface area contributed by atoms with Gasteiger partial charge in [-0.05, 0) is 25.8 Å². The van der Waals surface area contributed by atoms with E-state index >= 15 is 0 Å². The van der Waals surface area contributed by atoms with E-state index in [1.165, 1.54) is 37.6 Å². The average Bonchev–Trinajstić information content (AvgIpc) is 2.52. The van der Waals surface area contributed by atoms with E-state index < -0.39 is 0 Å². The van der Waals surface area contributed by atoms with Crippen LogP contribution in [0.25, 0.3) is 0 Å². The number of nitrogens with zero attached hydrogens (tertiary/aromatic N) is 1. The van der Waals surface area contributed by atoms with Crippen LogP contribution in [0.3, 0.4) is 0 Å². The van der Waals surface area contributed by atoms with Gasteiger partial charge in [-0.2, -0.15) is 11.8 Å². The molecule has 0 spiro atoms. The topological polar surface area (TPSA) is 15.3 Å². The van der Waals surface area contributed by atoms with Crippen LogP contribution in [0.2, 0.25) is 0 Å². The average molecular weight is 214 g/mol. The lowest BCUT2D eigenvalue weighted by Gasteiger charge is -2.30. The predicted molar refractivity (Wildman–Crippen MR) is 63.9 cm³/mol. The first-order chi connectivity index (χ1) is 6.77. The molecule has 14 heavy (non-hydrogen) atoms. The number of hydrogen-bond acceptors (Lipinski definition) is 3. The van der Waals surface area contributed by atoms with Gasteiger partial charge in [0.05, 0.1) is 0 Å². The van der Waals surface area contributed by atoms with Gasteiger partial charge < -0.3 is 5.32 Å². The lowest BCUT2D eigenvalue weighted by molar-refractivity contribution is 0.226. The van der Waals surface area contributed by atoms with Crippen LogP contribution in [0.5, 0.6) is 0 Å². The molecule has 2 rings (SSSR count). The summed E-state index contributed by atoms with van der Waals surface area (Å²) in [5.41, 5.74) is 0. The van der Waals surface area contributed by atoms with Crippen molar-refractivity contribution in [2.24, 2.45) is 5.92 Å². The monoisotopic (exact) mass is 214 g/mol. The van der Waals surface area contributed by atoms with E-state index in [2.05, 4.69) is 35.8 Å². The Hall–Kier alpha value is 0.270. The van der Waals surface area contributed by atoms with E-state index in [1.54, 1.807) is 0 Å². The van der Waals surface area contributed by atoms with Gasteiger partial charge in [-0.15, -0.1) is 0 Å². The number of rotatable bonds is 2. The van der Waals surface area contributed by atoms with Gasteiger partial charge in [0.25, 0.3) is 0 Å². The number of nitrogens with one attached hydrogen (secondary N) is 1. The first-order valence-corrected chi connectivity index (χ1v) is 6.98. The highest BCUT2D eigenvalue weighted by molar-refractivity contribution is 7.99. The Bertz CT molecular complexity index is 180. The first kappa shape index (κ1) is 10.8. The Labute approximate surface area is 91.8 Å². The summed E-state index contributed by atoms with van der Waals surface area (Å²) in [6.45, 7) is 8.54. The van der Waals surface area contributed by atoms with Gasteiger partial charge in [-0.3, -0.25) is 4.90 Å². The zero-order valence-electron chi connectivity index (χ0n) is 9.33. The van der Waals surface area contributed by atoms with Crippen molar-refractivity contribution in [3.05, 3.63) is 0 Å². The Morgan fingerprint density at radius 3 is 2.86 bits per heavy atom. The van der Waals surface area contributed by atoms with Crippen LogP contribution in [0.4, 0.5) is 0 Å². The molecule has 0 aliphatic carbocycles. The highest BCUT2D eigenvalue weighted by Gasteiger charge is 2.29. The van der Waals surface area contributed by atoms with E-state index in [-0.39, 0.29) is 0 Å². The van der Waals surface area contributed by atoms with Crippen LogP contribution in [0.1, 0.15) is 20.3 Å². The van der Waals surface area contributed by atoms with Crippen molar-refractivity contribution < 1.29 is 0 Å². The standard InChI is InChI=1S/C11H22N2S/c1-9-3-5-13(10(9)2)7-11-8-14-6-4-12-11/h9-12H,3-8H2,1-2H3. The maximum absolute atomic E-state index is 3.62. The molecule has 2 nitrogen and oxygen atoms in total. The summed E-state index contributed by atoms with van der Waals surface area (Å²) in [6.07, 6.45) is 1.39. The second-order valence-corrected chi connectivity index (χ2v) is 5.88. The van der Waals surface area contributed by atoms with Gasteiger partial charge in [0.1, 0.15) is 0 Å². The summed E-state index contributed by atoms with van der Waals surface area (Å²) in [4.78, 5) is 2.66. The molecule has 0 radical (unpaired) electrons. The van der Waals surface area contributed by atoms with E-state index in [0.717, 1.165) is 18.0 Å². The Kier molecular flexibility index (Phi) is 3.74. The fourth-order valence-electron chi connectivity index (χ4n) is 2.45. The quantitative estimate of drug-likeness (QED) is 0.748. The molecule has 0 bridgehead atoms. The minimum Gasteiger partial charge on any atom is -0.311 e. The number of likely N-dealkylation sites (tertiary alicyclic amines) is 1. The fraction of sp³-hybridized carbons (Fsp3) is 1.00. The first-order valence-electron chi connectivity index (χ1n) is 5.82. The minimum absolute atomic E-state index is 0.737. The van der Waals surface area contributed by atoms with Crippen molar-refractivity contribution in [3.8, 4) is 0 Å². The molecule has 82 valence electrons. The van der Waals surface area contributed by atoms with Gasteiger partial charge in [-0.25, -0.2) is 0 Å². The molecule has 0 aromatic rings. The largest absolute Gasteiger partial charge is 0.311 e. The van der Waals surface area contributed by atoms with Crippen LogP contribution in [0, 0.1) is 5.92 Å². The molecule has 2 aliphatic rings. The second-order valence-electron chi connectivity index (χ2n) is 4.73. The predicted octanol–water partition coefficient (Wildman–Crippen LogP) is 1.42. The third-order valence-corrected chi connectivity index (χ3v) is 4.86. The molecule has 3 heteroatoms. The highest BCUT2D eigenvalue weighted by Crippen LogP contribution is 2.23. The molecule has 1 N–H and O–H groups in total. The molecule has 0 aromatic heterocycles. The van der Waals surface area contributed by atoms with Gasteiger partial charge in [0, 0.05) is 36.7 Å². The van der Waals surface area contributed by atoms with Crippen LogP contribution in [-0.4, -0.2) is 48.1 Å². The van der Waals surface area contributed by atoms with Crippen molar-refractivity contribution in [3.63, 3.8) is 0 Å². The maximum Gasteiger partial charge on any atom is 0.0286 e. The summed E-state index contributed by atoms with van der Waals surface area (Å²) in [7, 11) is 0. The third kappa shape index (κ3) is 2.44. The van der Waals surface area contributed by atoms with E-state index in [0.29, 0.717) is 0 Å². The van der Waals surface area contributed by atoms with Crippen LogP contribution in [-0.2, 0) is 0 Å². The zero-order valence-corrected chi connectivity index (χ0v) is 10.1. The lowest BCUT2D eigenvalue weighted by atomic mass is 10.1. The van der Waals surface area contributed by atoms with Crippen molar-refractivity contribution in [2.75, 3.05) is 31.1 Å². The Balaban J connectivity index is 1.79. The van der Waals surface area contributed by atoms with Gasteiger partial charge in [-0.1, -0.05) is 6.92 Å². The second kappa shape index (κ2) is 4.86. The van der Waals surface area contributed by atoms with Gasteiger partial charge in [0.15, 0.2) is 0 Å². The Morgan fingerprint density at radius 2 is 2.29 bits per heavy atom. The molecule has 0 saturated carbocycles. The van der Waals surface area contributed by atoms with E-state index in [4.69, 9.17) is 0 Å². The summed E-state index contributed by atoms with van der Waals surface area (Å²) >= 11 is 2.10. The van der Waals surface area contributed by atoms with E-state index in [9.17, 15) is 0 Å². The molecular weight excluding hydrogens is 192 g/mol. The molecule has 2 saturated heterocycles. The van der Waals surface area contributed by atoms with Crippen molar-refractivity contribution in [2.45, 2.75) is 32.4 Å². The normalized spacial score (nSPS) is 40.3. The maximum atomic E-state index is 3.62. The van der Waals surface area contributed by atoms with E-state index in [1.807, 2.05) is 0 Å². The third-order valence-electron chi connectivity index (χ3n) is 3.72. The van der Waals surface area contributed by atoms with Crippen molar-refractivity contribution >= 4 is 11.8 Å². The highest BCUT2D eigenvalue weighted by atomic mass is 32.2. The summed E-state index contributed by atoms with van der Waals surface area (Å²) in [5.74, 6) is 3.49. The molecular formula is C11H22N2S. The molecule has 2 fully saturated rings.